The number of hydrogen-bond acceptors (Lipinski definition) is 4. The van der Waals surface area contributed by atoms with Gasteiger partial charge < -0.3 is 9.47 Å². The first kappa shape index (κ1) is 33.3. The maximum Gasteiger partial charge on any atom is 0.343 e. The van der Waals surface area contributed by atoms with E-state index in [9.17, 15) is 9.59 Å². The van der Waals surface area contributed by atoms with E-state index in [1.54, 1.807) is 48.5 Å². The van der Waals surface area contributed by atoms with Gasteiger partial charge in [0.2, 0.25) is 0 Å². The van der Waals surface area contributed by atoms with Gasteiger partial charge in [-0.3, -0.25) is 0 Å². The highest BCUT2D eigenvalue weighted by Crippen LogP contribution is 2.17. The van der Waals surface area contributed by atoms with E-state index in [2.05, 4.69) is 61.2 Å². The van der Waals surface area contributed by atoms with Crippen molar-refractivity contribution < 1.29 is 19.1 Å². The maximum absolute atomic E-state index is 12.6. The minimum absolute atomic E-state index is 0.312. The molecule has 0 aliphatic rings. The second-order valence-corrected chi connectivity index (χ2v) is 10.1. The van der Waals surface area contributed by atoms with Crippen LogP contribution < -0.4 is 9.47 Å². The summed E-state index contributed by atoms with van der Waals surface area (Å²) in [4.78, 5) is 25.2. The number of esters is 2. The summed E-state index contributed by atoms with van der Waals surface area (Å²) in [5, 5.41) is 0. The van der Waals surface area contributed by atoms with Crippen molar-refractivity contribution in [1.82, 2.24) is 0 Å². The van der Waals surface area contributed by atoms with E-state index >= 15 is 0 Å². The van der Waals surface area contributed by atoms with E-state index in [1.807, 2.05) is 0 Å². The quantitative estimate of drug-likeness (QED) is 0.0927. The van der Waals surface area contributed by atoms with Gasteiger partial charge in [-0.2, -0.15) is 0 Å². The summed E-state index contributed by atoms with van der Waals surface area (Å²) in [7, 11) is 0. The molecule has 0 fully saturated rings. The van der Waals surface area contributed by atoms with E-state index in [4.69, 9.17) is 9.47 Å². The van der Waals surface area contributed by atoms with Gasteiger partial charge in [0.15, 0.2) is 0 Å². The smallest absolute Gasteiger partial charge is 0.343 e. The molecule has 0 aromatic heterocycles. The summed E-state index contributed by atoms with van der Waals surface area (Å²) >= 11 is 0. The lowest BCUT2D eigenvalue weighted by Gasteiger charge is -2.06. The molecular weight excluding hydrogens is 544 g/mol. The zero-order valence-corrected chi connectivity index (χ0v) is 25.6. The molecule has 222 valence electrons. The molecule has 0 unspecified atom stereocenters. The number of carbonyl (C=O) groups excluding carboxylic acids is 2. The van der Waals surface area contributed by atoms with Gasteiger partial charge >= 0.3 is 11.9 Å². The van der Waals surface area contributed by atoms with Crippen molar-refractivity contribution in [2.45, 2.75) is 78.1 Å². The topological polar surface area (TPSA) is 52.6 Å². The van der Waals surface area contributed by atoms with Crippen LogP contribution in [0.5, 0.6) is 11.5 Å². The Morgan fingerprint density at radius 3 is 1.25 bits per heavy atom. The van der Waals surface area contributed by atoms with Crippen LogP contribution in [0.2, 0.25) is 0 Å². The van der Waals surface area contributed by atoms with Gasteiger partial charge in [0, 0.05) is 24.0 Å². The minimum atomic E-state index is -0.532. The lowest BCUT2D eigenvalue weighted by molar-refractivity contribution is 0.0720. The Bertz CT molecular complexity index is 1480. The second-order valence-electron chi connectivity index (χ2n) is 10.1. The van der Waals surface area contributed by atoms with Crippen LogP contribution in [-0.4, -0.2) is 11.9 Å². The van der Waals surface area contributed by atoms with Crippen LogP contribution in [0.15, 0.2) is 72.8 Å². The van der Waals surface area contributed by atoms with Crippen molar-refractivity contribution in [3.05, 3.63) is 95.1 Å². The molecule has 0 aliphatic carbocycles. The standard InChI is InChI=1S/C40H38O4/c1-3-5-7-9-11-13-15-17-19-33-21-29-37(30-22-33)43-39(41)35-25-27-36(28-26-35)40(42)44-38-31-23-34(24-32-38)20-18-16-14-12-10-8-6-4-2/h21-32H,3-12H2,1-2H3. The number of hydrogen-bond donors (Lipinski definition) is 0. The third-order valence-corrected chi connectivity index (χ3v) is 6.51. The van der Waals surface area contributed by atoms with E-state index in [-0.39, 0.29) is 0 Å². The molecule has 0 saturated heterocycles. The molecule has 4 heteroatoms. The first-order chi connectivity index (χ1) is 21.6. The predicted molar refractivity (Wildman–Crippen MR) is 176 cm³/mol. The Morgan fingerprint density at radius 2 is 0.886 bits per heavy atom. The largest absolute Gasteiger partial charge is 0.423 e. The average Bonchev–Trinajstić information content (AvgIpc) is 3.05. The van der Waals surface area contributed by atoms with Crippen LogP contribution in [0.4, 0.5) is 0 Å². The van der Waals surface area contributed by atoms with E-state index in [0.717, 1.165) is 36.8 Å². The van der Waals surface area contributed by atoms with E-state index in [1.165, 1.54) is 62.8 Å². The Labute approximate surface area is 262 Å². The number of rotatable bonds is 12. The molecule has 3 aromatic carbocycles. The molecule has 0 aliphatic heterocycles. The molecule has 3 aromatic rings. The molecular formula is C40H38O4. The zero-order valence-electron chi connectivity index (χ0n) is 25.6. The molecule has 3 rings (SSSR count). The molecule has 0 heterocycles. The van der Waals surface area contributed by atoms with Crippen LogP contribution in [0, 0.1) is 47.4 Å². The number of ether oxygens (including phenoxy) is 2. The lowest BCUT2D eigenvalue weighted by Crippen LogP contribution is -2.11. The molecule has 0 atom stereocenters. The first-order valence-electron chi connectivity index (χ1n) is 15.3. The molecule has 0 amide bonds. The maximum atomic E-state index is 12.6. The molecule has 0 radical (unpaired) electrons. The third kappa shape index (κ3) is 12.8. The highest BCUT2D eigenvalue weighted by Gasteiger charge is 2.12. The summed E-state index contributed by atoms with van der Waals surface area (Å²) in [6, 6.07) is 20.0. The van der Waals surface area contributed by atoms with E-state index < -0.39 is 11.9 Å². The average molecular weight is 583 g/mol. The number of carbonyl (C=O) groups is 2. The van der Waals surface area contributed by atoms with Crippen molar-refractivity contribution in [1.29, 1.82) is 0 Å². The van der Waals surface area contributed by atoms with Gasteiger partial charge in [0.25, 0.3) is 0 Å². The summed E-state index contributed by atoms with van der Waals surface area (Å²) in [5.74, 6) is 23.4. The summed E-state index contributed by atoms with van der Waals surface area (Å²) < 4.78 is 10.9. The molecule has 0 spiro atoms. The molecule has 44 heavy (non-hydrogen) atoms. The highest BCUT2D eigenvalue weighted by atomic mass is 16.5. The van der Waals surface area contributed by atoms with Gasteiger partial charge in [0.05, 0.1) is 11.1 Å². The van der Waals surface area contributed by atoms with Gasteiger partial charge in [-0.25, -0.2) is 9.59 Å². The monoisotopic (exact) mass is 582 g/mol. The number of unbranched alkanes of at least 4 members (excludes halogenated alkanes) is 8. The van der Waals surface area contributed by atoms with Crippen LogP contribution in [0.1, 0.15) is 110 Å². The third-order valence-electron chi connectivity index (χ3n) is 6.51. The van der Waals surface area contributed by atoms with Gasteiger partial charge in [-0.05, 0) is 109 Å². The van der Waals surface area contributed by atoms with E-state index in [0.29, 0.717) is 22.6 Å². The zero-order chi connectivity index (χ0) is 31.2. The van der Waals surface area contributed by atoms with Crippen LogP contribution in [0.3, 0.4) is 0 Å². The molecule has 0 N–H and O–H groups in total. The van der Waals surface area contributed by atoms with Crippen LogP contribution in [0.25, 0.3) is 0 Å². The SMILES string of the molecule is CCCCCCC#CC#Cc1ccc(OC(=O)c2ccc(C(=O)Oc3ccc(C#CC#CCCCCCC)cc3)cc2)cc1. The van der Waals surface area contributed by atoms with Crippen LogP contribution in [-0.2, 0) is 0 Å². The Balaban J connectivity index is 1.45. The highest BCUT2D eigenvalue weighted by molar-refractivity contribution is 5.94. The fraction of sp³-hybridized carbons (Fsp3) is 0.300. The number of benzene rings is 3. The van der Waals surface area contributed by atoms with Crippen molar-refractivity contribution in [3.8, 4) is 58.9 Å². The first-order valence-corrected chi connectivity index (χ1v) is 15.3. The van der Waals surface area contributed by atoms with Crippen molar-refractivity contribution in [3.63, 3.8) is 0 Å². The second kappa shape index (κ2) is 19.9. The fourth-order valence-corrected chi connectivity index (χ4v) is 3.99. The fourth-order valence-electron chi connectivity index (χ4n) is 3.99. The lowest BCUT2D eigenvalue weighted by atomic mass is 10.1. The van der Waals surface area contributed by atoms with Crippen molar-refractivity contribution in [2.24, 2.45) is 0 Å². The summed E-state index contributed by atoms with van der Waals surface area (Å²) in [6.07, 6.45) is 11.3. The van der Waals surface area contributed by atoms with Crippen LogP contribution >= 0.6 is 0 Å². The summed E-state index contributed by atoms with van der Waals surface area (Å²) in [6.45, 7) is 4.38. The Hall–Kier alpha value is -5.16. The van der Waals surface area contributed by atoms with Gasteiger partial charge in [0.1, 0.15) is 11.5 Å². The molecule has 0 saturated carbocycles. The molecule has 4 nitrogen and oxygen atoms in total. The normalized spacial score (nSPS) is 9.50. The Kier molecular flexibility index (Phi) is 15.1. The van der Waals surface area contributed by atoms with Gasteiger partial charge in [-0.1, -0.05) is 76.1 Å². The predicted octanol–water partition coefficient (Wildman–Crippen LogP) is 8.78. The van der Waals surface area contributed by atoms with Gasteiger partial charge in [-0.15, -0.1) is 0 Å². The summed E-state index contributed by atoms with van der Waals surface area (Å²) in [5.41, 5.74) is 2.19. The Morgan fingerprint density at radius 1 is 0.500 bits per heavy atom. The molecule has 0 bridgehead atoms. The van der Waals surface area contributed by atoms with Crippen molar-refractivity contribution in [2.75, 3.05) is 0 Å². The van der Waals surface area contributed by atoms with Crippen molar-refractivity contribution >= 4 is 11.9 Å². The minimum Gasteiger partial charge on any atom is -0.423 e.